The molecule has 0 fully saturated rings. The van der Waals surface area contributed by atoms with E-state index < -0.39 is 0 Å². The highest BCUT2D eigenvalue weighted by molar-refractivity contribution is 5.24. The molecule has 0 heteroatoms. The van der Waals surface area contributed by atoms with Gasteiger partial charge in [-0.25, -0.2) is 0 Å². The molecule has 1 rings (SSSR count). The Morgan fingerprint density at radius 2 is 2.18 bits per heavy atom. The monoisotopic (exact) mass is 147 g/mol. The first-order valence-electron chi connectivity index (χ1n) is 4.24. The fraction of sp³-hybridized carbons (Fsp3) is 0.455. The van der Waals surface area contributed by atoms with E-state index in [0.29, 0.717) is 5.92 Å². The van der Waals surface area contributed by atoms with Crippen molar-refractivity contribution in [2.24, 2.45) is 0 Å². The maximum Gasteiger partial charge on any atom is -0.0146 e. The molecule has 11 heavy (non-hydrogen) atoms. The Morgan fingerprint density at radius 1 is 1.45 bits per heavy atom. The minimum Gasteiger partial charge on any atom is -0.0613 e. The van der Waals surface area contributed by atoms with Gasteiger partial charge in [-0.1, -0.05) is 39.0 Å². The van der Waals surface area contributed by atoms with Gasteiger partial charge in [0.1, 0.15) is 0 Å². The lowest BCUT2D eigenvalue weighted by atomic mass is 10.0. The van der Waals surface area contributed by atoms with Crippen LogP contribution in [0, 0.1) is 6.07 Å². The summed E-state index contributed by atoms with van der Waals surface area (Å²) < 4.78 is 0. The number of rotatable bonds is 2. The van der Waals surface area contributed by atoms with E-state index in [1.54, 1.807) is 0 Å². The summed E-state index contributed by atoms with van der Waals surface area (Å²) >= 11 is 0. The number of benzene rings is 1. The molecule has 0 bridgehead atoms. The largest absolute Gasteiger partial charge is 0.0613 e. The minimum atomic E-state index is 0.599. The predicted molar refractivity (Wildman–Crippen MR) is 48.7 cm³/mol. The van der Waals surface area contributed by atoms with Crippen LogP contribution in [0.1, 0.15) is 37.8 Å². The molecule has 0 aliphatic rings. The average Bonchev–Trinajstić information content (AvgIpc) is 2.05. The first-order chi connectivity index (χ1) is 5.24. The molecule has 0 saturated carbocycles. The van der Waals surface area contributed by atoms with Gasteiger partial charge in [-0.2, -0.15) is 0 Å². The first kappa shape index (κ1) is 8.32. The van der Waals surface area contributed by atoms with Gasteiger partial charge in [0.25, 0.3) is 0 Å². The lowest BCUT2D eigenvalue weighted by Gasteiger charge is -2.05. The smallest absolute Gasteiger partial charge is 0.0146 e. The first-order valence-corrected chi connectivity index (χ1v) is 4.24. The molecule has 0 aliphatic carbocycles. The van der Waals surface area contributed by atoms with E-state index in [0.717, 1.165) is 6.42 Å². The Labute approximate surface area is 69.3 Å². The fourth-order valence-electron chi connectivity index (χ4n) is 1.09. The van der Waals surface area contributed by atoms with Crippen molar-refractivity contribution in [2.75, 3.05) is 0 Å². The number of hydrogen-bond acceptors (Lipinski definition) is 0. The van der Waals surface area contributed by atoms with Crippen LogP contribution in [-0.2, 0) is 6.42 Å². The molecule has 0 aromatic heterocycles. The molecule has 1 radical (unpaired) electrons. The molecule has 0 amide bonds. The Kier molecular flexibility index (Phi) is 2.70. The Hall–Kier alpha value is -0.780. The fourth-order valence-corrected chi connectivity index (χ4v) is 1.09. The van der Waals surface area contributed by atoms with Crippen LogP contribution in [-0.4, -0.2) is 0 Å². The molecule has 0 spiro atoms. The van der Waals surface area contributed by atoms with Gasteiger partial charge >= 0.3 is 0 Å². The summed E-state index contributed by atoms with van der Waals surface area (Å²) in [5, 5.41) is 0. The molecule has 59 valence electrons. The summed E-state index contributed by atoms with van der Waals surface area (Å²) in [6.07, 6.45) is 1.12. The standard InChI is InChI=1S/C11H15/c1-4-10-6-5-7-11(8-10)9(2)3/h5-6,8-9H,4H2,1-3H3. The number of aryl methyl sites for hydroxylation is 1. The zero-order valence-corrected chi connectivity index (χ0v) is 7.52. The van der Waals surface area contributed by atoms with Gasteiger partial charge in [-0.05, 0) is 29.5 Å². The molecule has 0 heterocycles. The van der Waals surface area contributed by atoms with E-state index in [1.165, 1.54) is 11.1 Å². The van der Waals surface area contributed by atoms with Gasteiger partial charge in [-0.3, -0.25) is 0 Å². The van der Waals surface area contributed by atoms with Gasteiger partial charge in [0.05, 0.1) is 0 Å². The molecule has 0 nitrogen and oxygen atoms in total. The highest BCUT2D eigenvalue weighted by Crippen LogP contribution is 2.14. The quantitative estimate of drug-likeness (QED) is 0.602. The maximum atomic E-state index is 3.24. The Bertz CT molecular complexity index is 223. The zero-order valence-electron chi connectivity index (χ0n) is 7.52. The van der Waals surface area contributed by atoms with Crippen LogP contribution in [0.15, 0.2) is 18.2 Å². The summed E-state index contributed by atoms with van der Waals surface area (Å²) in [5.74, 6) is 0.599. The lowest BCUT2D eigenvalue weighted by molar-refractivity contribution is 0.860. The van der Waals surface area contributed by atoms with Gasteiger partial charge < -0.3 is 0 Å². The molecule has 0 saturated heterocycles. The third-order valence-electron chi connectivity index (χ3n) is 1.92. The van der Waals surface area contributed by atoms with Gasteiger partial charge in [0.2, 0.25) is 0 Å². The summed E-state index contributed by atoms with van der Waals surface area (Å²) in [6, 6.07) is 9.64. The predicted octanol–water partition coefficient (Wildman–Crippen LogP) is 3.17. The van der Waals surface area contributed by atoms with Crippen LogP contribution in [0.3, 0.4) is 0 Å². The van der Waals surface area contributed by atoms with E-state index in [9.17, 15) is 0 Å². The summed E-state index contributed by atoms with van der Waals surface area (Å²) in [7, 11) is 0. The van der Waals surface area contributed by atoms with Gasteiger partial charge in [0.15, 0.2) is 0 Å². The third-order valence-corrected chi connectivity index (χ3v) is 1.92. The maximum absolute atomic E-state index is 3.24. The number of hydrogen-bond donors (Lipinski definition) is 0. The highest BCUT2D eigenvalue weighted by Gasteiger charge is 1.98. The van der Waals surface area contributed by atoms with Gasteiger partial charge in [0, 0.05) is 0 Å². The zero-order chi connectivity index (χ0) is 8.27. The second-order valence-electron chi connectivity index (χ2n) is 3.16. The van der Waals surface area contributed by atoms with Crippen LogP contribution in [0.2, 0.25) is 0 Å². The average molecular weight is 147 g/mol. The van der Waals surface area contributed by atoms with Crippen molar-refractivity contribution in [3.05, 3.63) is 35.4 Å². The van der Waals surface area contributed by atoms with E-state index in [1.807, 2.05) is 6.07 Å². The molecule has 1 aromatic rings. The van der Waals surface area contributed by atoms with Crippen molar-refractivity contribution in [1.29, 1.82) is 0 Å². The van der Waals surface area contributed by atoms with Crippen molar-refractivity contribution >= 4 is 0 Å². The van der Waals surface area contributed by atoms with Crippen molar-refractivity contribution in [3.63, 3.8) is 0 Å². The van der Waals surface area contributed by atoms with E-state index in [-0.39, 0.29) is 0 Å². The Balaban J connectivity index is 2.91. The second-order valence-corrected chi connectivity index (χ2v) is 3.16. The molecule has 0 N–H and O–H groups in total. The van der Waals surface area contributed by atoms with Crippen LogP contribution in [0.4, 0.5) is 0 Å². The van der Waals surface area contributed by atoms with Crippen LogP contribution in [0.5, 0.6) is 0 Å². The molecular weight excluding hydrogens is 132 g/mol. The molecular formula is C11H15. The van der Waals surface area contributed by atoms with E-state index in [4.69, 9.17) is 0 Å². The SMILES string of the molecule is CCc1cc[c]c(C(C)C)c1. The summed E-state index contributed by atoms with van der Waals surface area (Å²) in [5.41, 5.74) is 2.73. The molecule has 0 atom stereocenters. The lowest BCUT2D eigenvalue weighted by Crippen LogP contribution is -1.89. The van der Waals surface area contributed by atoms with Crippen LogP contribution < -0.4 is 0 Å². The van der Waals surface area contributed by atoms with Crippen molar-refractivity contribution in [3.8, 4) is 0 Å². The van der Waals surface area contributed by atoms with Crippen molar-refractivity contribution in [1.82, 2.24) is 0 Å². The van der Waals surface area contributed by atoms with Crippen molar-refractivity contribution < 1.29 is 0 Å². The third kappa shape index (κ3) is 2.07. The van der Waals surface area contributed by atoms with Crippen molar-refractivity contribution in [2.45, 2.75) is 33.1 Å². The Morgan fingerprint density at radius 3 is 2.73 bits per heavy atom. The summed E-state index contributed by atoms with van der Waals surface area (Å²) in [4.78, 5) is 0. The second kappa shape index (κ2) is 3.56. The minimum absolute atomic E-state index is 0.599. The van der Waals surface area contributed by atoms with Gasteiger partial charge in [-0.15, -0.1) is 0 Å². The normalized spacial score (nSPS) is 10.5. The molecule has 0 aliphatic heterocycles. The highest BCUT2D eigenvalue weighted by atomic mass is 14.0. The molecule has 1 aromatic carbocycles. The van der Waals surface area contributed by atoms with Crippen LogP contribution in [0.25, 0.3) is 0 Å². The summed E-state index contributed by atoms with van der Waals surface area (Å²) in [6.45, 7) is 6.58. The van der Waals surface area contributed by atoms with E-state index >= 15 is 0 Å². The molecule has 0 unspecified atom stereocenters. The topological polar surface area (TPSA) is 0 Å². The van der Waals surface area contributed by atoms with E-state index in [2.05, 4.69) is 39.0 Å². The van der Waals surface area contributed by atoms with Crippen LogP contribution >= 0.6 is 0 Å².